The van der Waals surface area contributed by atoms with Gasteiger partial charge in [0.15, 0.2) is 5.82 Å². The number of aromatic nitrogens is 3. The summed E-state index contributed by atoms with van der Waals surface area (Å²) in [5.74, 6) is 0.737. The van der Waals surface area contributed by atoms with Crippen molar-refractivity contribution in [3.8, 4) is 11.5 Å². The average Bonchev–Trinajstić information content (AvgIpc) is 3.05. The highest BCUT2D eigenvalue weighted by atomic mass is 19.4. The number of H-pyrrole nitrogens is 1. The van der Waals surface area contributed by atoms with Crippen LogP contribution < -0.4 is 10.1 Å². The van der Waals surface area contributed by atoms with Crippen LogP contribution in [0.2, 0.25) is 0 Å². The zero-order valence-electron chi connectivity index (χ0n) is 15.0. The van der Waals surface area contributed by atoms with Crippen LogP contribution in [0.3, 0.4) is 0 Å². The van der Waals surface area contributed by atoms with Crippen molar-refractivity contribution in [1.82, 2.24) is 15.0 Å². The van der Waals surface area contributed by atoms with E-state index >= 15 is 0 Å². The Labute approximate surface area is 162 Å². The van der Waals surface area contributed by atoms with E-state index in [1.165, 1.54) is 30.7 Å². The van der Waals surface area contributed by atoms with E-state index in [0.29, 0.717) is 28.3 Å². The third-order valence-electron chi connectivity index (χ3n) is 4.29. The van der Waals surface area contributed by atoms with Crippen molar-refractivity contribution in [2.45, 2.75) is 13.1 Å². The normalized spacial score (nSPS) is 11.6. The summed E-state index contributed by atoms with van der Waals surface area (Å²) < 4.78 is 57.3. The number of halogens is 4. The summed E-state index contributed by atoms with van der Waals surface area (Å²) in [7, 11) is 0. The molecule has 0 amide bonds. The second-order valence-corrected chi connectivity index (χ2v) is 6.29. The minimum absolute atomic E-state index is 0.236. The van der Waals surface area contributed by atoms with Crippen LogP contribution in [0.15, 0.2) is 55.0 Å². The van der Waals surface area contributed by atoms with E-state index in [9.17, 15) is 17.6 Å². The van der Waals surface area contributed by atoms with Crippen molar-refractivity contribution in [3.05, 3.63) is 71.9 Å². The van der Waals surface area contributed by atoms with E-state index < -0.39 is 17.6 Å². The lowest BCUT2D eigenvalue weighted by molar-refractivity contribution is -0.137. The molecule has 0 aliphatic heterocycles. The highest BCUT2D eigenvalue weighted by molar-refractivity contribution is 5.80. The summed E-state index contributed by atoms with van der Waals surface area (Å²) in [4.78, 5) is 11.1. The molecule has 0 aliphatic carbocycles. The van der Waals surface area contributed by atoms with Gasteiger partial charge in [-0.25, -0.2) is 14.4 Å². The van der Waals surface area contributed by atoms with Crippen molar-refractivity contribution in [2.75, 3.05) is 5.32 Å². The third kappa shape index (κ3) is 3.84. The van der Waals surface area contributed by atoms with Crippen molar-refractivity contribution in [2.24, 2.45) is 0 Å². The Bertz CT molecular complexity index is 1170. The van der Waals surface area contributed by atoms with Gasteiger partial charge in [0.25, 0.3) is 0 Å². The number of hydrogen-bond acceptors (Lipinski definition) is 4. The number of rotatable bonds is 4. The maximum atomic E-state index is 13.5. The molecular weight excluding hydrogens is 388 g/mol. The molecule has 4 rings (SSSR count). The summed E-state index contributed by atoms with van der Waals surface area (Å²) in [5, 5.41) is 3.08. The van der Waals surface area contributed by atoms with Gasteiger partial charge in [-0.1, -0.05) is 0 Å². The van der Waals surface area contributed by atoms with Gasteiger partial charge in [-0.3, -0.25) is 0 Å². The monoisotopic (exact) mass is 402 g/mol. The van der Waals surface area contributed by atoms with E-state index in [1.54, 1.807) is 19.1 Å². The fraction of sp³-hybridized carbons (Fsp3) is 0.100. The van der Waals surface area contributed by atoms with E-state index in [4.69, 9.17) is 4.74 Å². The number of ether oxygens (including phenoxy) is 1. The van der Waals surface area contributed by atoms with Gasteiger partial charge in [-0.15, -0.1) is 0 Å². The molecule has 0 fully saturated rings. The molecule has 0 radical (unpaired) electrons. The van der Waals surface area contributed by atoms with Crippen LogP contribution in [0, 0.1) is 12.7 Å². The molecule has 3 heterocycles. The molecule has 1 aromatic carbocycles. The van der Waals surface area contributed by atoms with E-state index in [1.807, 2.05) is 0 Å². The number of alkyl halides is 3. The molecular formula is C20H14F4N4O. The molecule has 0 unspecified atom stereocenters. The van der Waals surface area contributed by atoms with Crippen LogP contribution >= 0.6 is 0 Å². The maximum absolute atomic E-state index is 13.5. The number of hydrogen-bond donors (Lipinski definition) is 2. The SMILES string of the molecule is Cc1c(Oc2ccc(C(F)(F)F)cc2)ccnc1Nc1cnc2c(F)c[nH]c2c1. The molecule has 0 bridgehead atoms. The Morgan fingerprint density at radius 2 is 1.83 bits per heavy atom. The summed E-state index contributed by atoms with van der Waals surface area (Å²) in [6.45, 7) is 1.76. The smallest absolute Gasteiger partial charge is 0.416 e. The second-order valence-electron chi connectivity index (χ2n) is 6.29. The van der Waals surface area contributed by atoms with E-state index in [0.717, 1.165) is 12.1 Å². The van der Waals surface area contributed by atoms with Crippen LogP contribution in [0.4, 0.5) is 29.1 Å². The first-order valence-electron chi connectivity index (χ1n) is 8.51. The largest absolute Gasteiger partial charge is 0.457 e. The van der Waals surface area contributed by atoms with Crippen LogP contribution in [-0.4, -0.2) is 15.0 Å². The molecule has 29 heavy (non-hydrogen) atoms. The van der Waals surface area contributed by atoms with E-state index in [2.05, 4.69) is 20.3 Å². The fourth-order valence-corrected chi connectivity index (χ4v) is 2.77. The topological polar surface area (TPSA) is 62.8 Å². The highest BCUT2D eigenvalue weighted by Gasteiger charge is 2.30. The quantitative estimate of drug-likeness (QED) is 0.414. The molecule has 148 valence electrons. The predicted molar refractivity (Wildman–Crippen MR) is 99.8 cm³/mol. The molecule has 0 saturated heterocycles. The molecule has 9 heteroatoms. The van der Waals surface area contributed by atoms with Gasteiger partial charge in [-0.2, -0.15) is 13.2 Å². The first-order chi connectivity index (χ1) is 13.8. The Hall–Kier alpha value is -3.62. The van der Waals surface area contributed by atoms with Gasteiger partial charge in [0.2, 0.25) is 0 Å². The molecule has 3 aromatic heterocycles. The Morgan fingerprint density at radius 1 is 1.07 bits per heavy atom. The predicted octanol–water partition coefficient (Wildman–Crippen LogP) is 5.96. The lowest BCUT2D eigenvalue weighted by Gasteiger charge is -2.14. The number of benzene rings is 1. The number of pyridine rings is 2. The van der Waals surface area contributed by atoms with Crippen LogP contribution in [0.25, 0.3) is 11.0 Å². The zero-order valence-corrected chi connectivity index (χ0v) is 15.0. The summed E-state index contributed by atoms with van der Waals surface area (Å²) in [6, 6.07) is 7.74. The molecule has 0 spiro atoms. The number of anilines is 2. The van der Waals surface area contributed by atoms with Gasteiger partial charge in [0.1, 0.15) is 22.8 Å². The Balaban J connectivity index is 1.56. The molecule has 2 N–H and O–H groups in total. The molecule has 0 atom stereocenters. The number of nitrogens with zero attached hydrogens (tertiary/aromatic N) is 2. The second kappa shape index (κ2) is 7.08. The first kappa shape index (κ1) is 18.7. The van der Waals surface area contributed by atoms with Crippen LogP contribution in [0.5, 0.6) is 11.5 Å². The van der Waals surface area contributed by atoms with E-state index in [-0.39, 0.29) is 11.3 Å². The molecule has 4 aromatic rings. The van der Waals surface area contributed by atoms with Gasteiger partial charge in [0, 0.05) is 18.0 Å². The average molecular weight is 402 g/mol. The van der Waals surface area contributed by atoms with Crippen molar-refractivity contribution >= 4 is 22.5 Å². The number of fused-ring (bicyclic) bond motifs is 1. The Kier molecular flexibility index (Phi) is 4.57. The first-order valence-corrected chi connectivity index (χ1v) is 8.51. The van der Waals surface area contributed by atoms with Gasteiger partial charge < -0.3 is 15.0 Å². The molecule has 0 saturated carbocycles. The van der Waals surface area contributed by atoms with Gasteiger partial charge >= 0.3 is 6.18 Å². The summed E-state index contributed by atoms with van der Waals surface area (Å²) in [6.07, 6.45) is -0.193. The highest BCUT2D eigenvalue weighted by Crippen LogP contribution is 2.33. The number of aromatic amines is 1. The lowest BCUT2D eigenvalue weighted by Crippen LogP contribution is -2.04. The van der Waals surface area contributed by atoms with Crippen molar-refractivity contribution in [3.63, 3.8) is 0 Å². The zero-order chi connectivity index (χ0) is 20.6. The third-order valence-corrected chi connectivity index (χ3v) is 4.29. The summed E-state index contributed by atoms with van der Waals surface area (Å²) >= 11 is 0. The fourth-order valence-electron chi connectivity index (χ4n) is 2.77. The van der Waals surface area contributed by atoms with Crippen molar-refractivity contribution < 1.29 is 22.3 Å². The van der Waals surface area contributed by atoms with Crippen LogP contribution in [0.1, 0.15) is 11.1 Å². The van der Waals surface area contributed by atoms with Gasteiger partial charge in [-0.05, 0) is 43.3 Å². The lowest BCUT2D eigenvalue weighted by atomic mass is 10.2. The minimum atomic E-state index is -4.40. The standard InChI is InChI=1S/C20H14F4N4O/c1-11-17(29-14-4-2-12(3-5-14)20(22,23)24)6-7-25-19(11)28-13-8-16-18(27-9-13)15(21)10-26-16/h2-10,26H,1H3,(H,25,28). The van der Waals surface area contributed by atoms with Crippen molar-refractivity contribution in [1.29, 1.82) is 0 Å². The van der Waals surface area contributed by atoms with Crippen LogP contribution in [-0.2, 0) is 6.18 Å². The summed E-state index contributed by atoms with van der Waals surface area (Å²) in [5.41, 5.74) is 1.25. The molecule has 0 aliphatic rings. The van der Waals surface area contributed by atoms with Gasteiger partial charge in [0.05, 0.1) is 23.0 Å². The molecule has 5 nitrogen and oxygen atoms in total. The minimum Gasteiger partial charge on any atom is -0.457 e. The number of nitrogens with one attached hydrogen (secondary N) is 2. The Morgan fingerprint density at radius 3 is 2.55 bits per heavy atom. The maximum Gasteiger partial charge on any atom is 0.416 e.